The highest BCUT2D eigenvalue weighted by atomic mass is 79.9. The molecule has 14 heteroatoms. The number of nitrogens with zero attached hydrogens (tertiary/aromatic N) is 3. The lowest BCUT2D eigenvalue weighted by Gasteiger charge is -2.29. The zero-order valence-electron chi connectivity index (χ0n) is 23.7. The summed E-state index contributed by atoms with van der Waals surface area (Å²) in [4.78, 5) is 46.9. The molecule has 0 spiro atoms. The van der Waals surface area contributed by atoms with E-state index in [1.165, 1.54) is 30.3 Å². The zero-order valence-corrected chi connectivity index (χ0v) is 26.1. The van der Waals surface area contributed by atoms with Gasteiger partial charge in [-0.15, -0.1) is 0 Å². The Labute approximate surface area is 258 Å². The van der Waals surface area contributed by atoms with Crippen molar-refractivity contribution in [2.75, 3.05) is 24.5 Å². The summed E-state index contributed by atoms with van der Waals surface area (Å²) in [7, 11) is -4.45. The third-order valence-electron chi connectivity index (χ3n) is 6.61. The maximum Gasteiger partial charge on any atom is 0.336 e. The number of rotatable bonds is 15. The molecule has 43 heavy (non-hydrogen) atoms. The van der Waals surface area contributed by atoms with Gasteiger partial charge in [0, 0.05) is 19.6 Å². The average Bonchev–Trinajstić information content (AvgIpc) is 2.97. The number of carboxylic acids is 1. The summed E-state index contributed by atoms with van der Waals surface area (Å²) in [6.45, 7) is 5.25. The average molecular weight is 679 g/mol. The van der Waals surface area contributed by atoms with Gasteiger partial charge in [0.25, 0.3) is 21.8 Å². The van der Waals surface area contributed by atoms with Crippen LogP contribution in [0.1, 0.15) is 70.6 Å². The molecule has 2 heterocycles. The van der Waals surface area contributed by atoms with E-state index in [2.05, 4.69) is 38.1 Å². The molecular formula is C29H33BrFN5O6S. The van der Waals surface area contributed by atoms with Crippen LogP contribution in [-0.2, 0) is 10.0 Å². The van der Waals surface area contributed by atoms with Crippen molar-refractivity contribution in [2.45, 2.75) is 44.6 Å². The summed E-state index contributed by atoms with van der Waals surface area (Å²) in [6, 6.07) is 12.3. The summed E-state index contributed by atoms with van der Waals surface area (Å²) in [5, 5.41) is 11.5. The van der Waals surface area contributed by atoms with Gasteiger partial charge >= 0.3 is 5.97 Å². The van der Waals surface area contributed by atoms with Crippen molar-refractivity contribution in [3.05, 3.63) is 81.8 Å². The number of nitrogens with one attached hydrogen (secondary N) is 2. The smallest absolute Gasteiger partial charge is 0.336 e. The number of anilines is 1. The van der Waals surface area contributed by atoms with Crippen LogP contribution in [0.15, 0.2) is 64.2 Å². The molecule has 2 aromatic heterocycles. The van der Waals surface area contributed by atoms with Crippen LogP contribution >= 0.6 is 15.9 Å². The molecule has 0 saturated carbocycles. The first-order chi connectivity index (χ1) is 20.5. The van der Waals surface area contributed by atoms with Crippen molar-refractivity contribution in [2.24, 2.45) is 5.92 Å². The second-order valence-corrected chi connectivity index (χ2v) is 12.1. The van der Waals surface area contributed by atoms with E-state index in [1.54, 1.807) is 12.1 Å². The highest BCUT2D eigenvalue weighted by molar-refractivity contribution is 9.10. The number of sulfonamides is 1. The van der Waals surface area contributed by atoms with Gasteiger partial charge in [-0.25, -0.2) is 19.5 Å². The van der Waals surface area contributed by atoms with Crippen LogP contribution in [0, 0.1) is 11.9 Å². The lowest BCUT2D eigenvalue weighted by Crippen LogP contribution is -2.36. The van der Waals surface area contributed by atoms with Gasteiger partial charge in [-0.3, -0.25) is 9.59 Å². The zero-order chi connectivity index (χ0) is 31.6. The fraction of sp³-hybridized carbons (Fsp3) is 0.345. The van der Waals surface area contributed by atoms with Gasteiger partial charge in [-0.1, -0.05) is 31.5 Å². The molecular weight excluding hydrogens is 645 g/mol. The number of hydrogen-bond donors (Lipinski definition) is 3. The van der Waals surface area contributed by atoms with Crippen LogP contribution in [0.2, 0.25) is 0 Å². The molecule has 0 saturated heterocycles. The van der Waals surface area contributed by atoms with Crippen LogP contribution < -0.4 is 14.9 Å². The van der Waals surface area contributed by atoms with Crippen LogP contribution in [0.5, 0.6) is 0 Å². The number of amides is 2. The Morgan fingerprint density at radius 2 is 1.67 bits per heavy atom. The van der Waals surface area contributed by atoms with Gasteiger partial charge in [0.1, 0.15) is 10.4 Å². The van der Waals surface area contributed by atoms with Gasteiger partial charge in [0.15, 0.2) is 5.03 Å². The number of hydrogen-bond acceptors (Lipinski definition) is 8. The van der Waals surface area contributed by atoms with Gasteiger partial charge in [-0.05, 0) is 84.4 Å². The minimum atomic E-state index is -4.45. The quantitative estimate of drug-likeness (QED) is 0.154. The van der Waals surface area contributed by atoms with E-state index in [-0.39, 0.29) is 28.4 Å². The van der Waals surface area contributed by atoms with Crippen molar-refractivity contribution in [1.29, 1.82) is 0 Å². The van der Waals surface area contributed by atoms with Gasteiger partial charge in [0.05, 0.1) is 16.7 Å². The second kappa shape index (κ2) is 15.5. The largest absolute Gasteiger partial charge is 0.478 e. The lowest BCUT2D eigenvalue weighted by molar-refractivity contribution is 0.0690. The number of aromatic carboxylic acids is 1. The van der Waals surface area contributed by atoms with Gasteiger partial charge in [-0.2, -0.15) is 12.8 Å². The van der Waals surface area contributed by atoms with Gasteiger partial charge in [0.2, 0.25) is 5.95 Å². The Morgan fingerprint density at radius 1 is 0.953 bits per heavy atom. The Bertz CT molecular complexity index is 1570. The van der Waals surface area contributed by atoms with Crippen LogP contribution in [0.25, 0.3) is 0 Å². The molecule has 11 nitrogen and oxygen atoms in total. The third kappa shape index (κ3) is 9.29. The van der Waals surface area contributed by atoms with E-state index in [4.69, 9.17) is 0 Å². The predicted molar refractivity (Wildman–Crippen MR) is 162 cm³/mol. The highest BCUT2D eigenvalue weighted by Crippen LogP contribution is 2.25. The fourth-order valence-corrected chi connectivity index (χ4v) is 5.80. The maximum absolute atomic E-state index is 13.5. The Balaban J connectivity index is 1.71. The molecule has 1 aromatic carbocycles. The number of pyridine rings is 2. The normalized spacial score (nSPS) is 11.9. The Kier molecular flexibility index (Phi) is 12.1. The van der Waals surface area contributed by atoms with Gasteiger partial charge < -0.3 is 15.3 Å². The van der Waals surface area contributed by atoms with E-state index in [1.807, 2.05) is 16.5 Å². The number of carbonyl (C=O) groups is 3. The first-order valence-corrected chi connectivity index (χ1v) is 16.0. The summed E-state index contributed by atoms with van der Waals surface area (Å²) >= 11 is 3.33. The predicted octanol–water partition coefficient (Wildman–Crippen LogP) is 4.65. The summed E-state index contributed by atoms with van der Waals surface area (Å²) < 4.78 is 41.4. The fourth-order valence-electron chi connectivity index (χ4n) is 4.58. The Hall–Kier alpha value is -3.91. The first-order valence-electron chi connectivity index (χ1n) is 13.7. The van der Waals surface area contributed by atoms with E-state index < -0.39 is 38.8 Å². The van der Waals surface area contributed by atoms with Crippen molar-refractivity contribution in [3.63, 3.8) is 0 Å². The molecule has 0 aliphatic rings. The maximum atomic E-state index is 13.5. The molecule has 230 valence electrons. The molecule has 2 amide bonds. The SMILES string of the molecule is CCC[C@H](CCCNC(=O)c1ccccc1C(=O)O)CN(CC)c1nc(Br)ccc1C(=O)NS(=O)(=O)c1cccc(F)n1. The number of carboxylic acid groups (broad SMARTS) is 1. The molecule has 0 radical (unpaired) electrons. The molecule has 0 bridgehead atoms. The van der Waals surface area contributed by atoms with Crippen LogP contribution in [0.3, 0.4) is 0 Å². The summed E-state index contributed by atoms with van der Waals surface area (Å²) in [6.07, 6.45) is 3.09. The lowest BCUT2D eigenvalue weighted by atomic mass is 9.96. The van der Waals surface area contributed by atoms with E-state index in [0.717, 1.165) is 31.4 Å². The van der Waals surface area contributed by atoms with E-state index >= 15 is 0 Å². The number of benzene rings is 1. The molecule has 0 aliphatic heterocycles. The molecule has 0 unspecified atom stereocenters. The molecule has 0 aliphatic carbocycles. The number of carbonyl (C=O) groups excluding carboxylic acids is 2. The van der Waals surface area contributed by atoms with Crippen molar-refractivity contribution < 1.29 is 32.3 Å². The summed E-state index contributed by atoms with van der Waals surface area (Å²) in [5.41, 5.74) is 0.0486. The highest BCUT2D eigenvalue weighted by Gasteiger charge is 2.26. The molecule has 3 rings (SSSR count). The monoisotopic (exact) mass is 677 g/mol. The minimum Gasteiger partial charge on any atom is -0.478 e. The van der Waals surface area contributed by atoms with Crippen molar-refractivity contribution >= 4 is 49.6 Å². The Morgan fingerprint density at radius 3 is 2.33 bits per heavy atom. The van der Waals surface area contributed by atoms with Crippen molar-refractivity contribution in [3.8, 4) is 0 Å². The standard InChI is InChI=1S/C29H33BrFN5O6S/c1-3-9-19(10-8-17-32-27(37)20-11-5-6-12-21(20)29(39)40)18-36(4-2)26-22(15-16-23(30)33-26)28(38)35-43(41,42)25-14-7-13-24(31)34-25/h5-7,11-16,19H,3-4,8-10,17-18H2,1-2H3,(H,32,37)(H,35,38)(H,39,40)/t19-/m1/s1. The minimum absolute atomic E-state index is 0.0182. The van der Waals surface area contributed by atoms with Crippen molar-refractivity contribution in [1.82, 2.24) is 20.0 Å². The molecule has 3 N–H and O–H groups in total. The van der Waals surface area contributed by atoms with E-state index in [9.17, 15) is 32.3 Å². The topological polar surface area (TPSA) is 159 Å². The number of aromatic nitrogens is 2. The molecule has 0 fully saturated rings. The molecule has 1 atom stereocenters. The third-order valence-corrected chi connectivity index (χ3v) is 8.29. The van der Waals surface area contributed by atoms with Crippen LogP contribution in [-0.4, -0.2) is 60.9 Å². The summed E-state index contributed by atoms with van der Waals surface area (Å²) in [5.74, 6) is -3.15. The molecule has 3 aromatic rings. The first kappa shape index (κ1) is 33.6. The van der Waals surface area contributed by atoms with Crippen LogP contribution in [0.4, 0.5) is 10.2 Å². The number of halogens is 2. The second-order valence-electron chi connectivity index (χ2n) is 9.68. The van der Waals surface area contributed by atoms with E-state index in [0.29, 0.717) is 30.7 Å².